The molecule has 0 bridgehead atoms. The van der Waals surface area contributed by atoms with Gasteiger partial charge in [-0.05, 0) is 56.3 Å². The molecule has 1 aliphatic heterocycles. The molecular weight excluding hydrogens is 402 g/mol. The van der Waals surface area contributed by atoms with Crippen molar-refractivity contribution in [1.29, 1.82) is 0 Å². The van der Waals surface area contributed by atoms with Gasteiger partial charge in [0.25, 0.3) is 5.91 Å². The van der Waals surface area contributed by atoms with Gasteiger partial charge in [0.05, 0.1) is 17.6 Å². The highest BCUT2D eigenvalue weighted by Gasteiger charge is 2.19. The fourth-order valence-electron chi connectivity index (χ4n) is 4.25. The number of ether oxygens (including phenoxy) is 1. The van der Waals surface area contributed by atoms with Crippen molar-refractivity contribution in [2.24, 2.45) is 0 Å². The Morgan fingerprint density at radius 2 is 1.81 bits per heavy atom. The molecule has 0 atom stereocenters. The van der Waals surface area contributed by atoms with E-state index < -0.39 is 0 Å². The first-order chi connectivity index (χ1) is 15.6. The van der Waals surface area contributed by atoms with Gasteiger partial charge >= 0.3 is 0 Å². The molecule has 0 aliphatic carbocycles. The van der Waals surface area contributed by atoms with Gasteiger partial charge < -0.3 is 19.5 Å². The summed E-state index contributed by atoms with van der Waals surface area (Å²) in [6.45, 7) is 13.6. The summed E-state index contributed by atoms with van der Waals surface area (Å²) in [6, 6.07) is 13.6. The highest BCUT2D eigenvalue weighted by atomic mass is 16.5. The van der Waals surface area contributed by atoms with Crippen LogP contribution in [0.4, 0.5) is 5.69 Å². The Morgan fingerprint density at radius 1 is 1.03 bits per heavy atom. The van der Waals surface area contributed by atoms with Crippen molar-refractivity contribution in [3.05, 3.63) is 53.9 Å². The molecule has 7 nitrogen and oxygen atoms in total. The summed E-state index contributed by atoms with van der Waals surface area (Å²) >= 11 is 0. The summed E-state index contributed by atoms with van der Waals surface area (Å²) in [7, 11) is 0. The average Bonchev–Trinajstić information content (AvgIpc) is 3.14. The van der Waals surface area contributed by atoms with E-state index >= 15 is 0 Å². The number of fused-ring (bicyclic) bond motifs is 1. The number of rotatable bonds is 8. The maximum absolute atomic E-state index is 12.4. The van der Waals surface area contributed by atoms with Crippen molar-refractivity contribution in [3.63, 3.8) is 0 Å². The van der Waals surface area contributed by atoms with Crippen LogP contribution in [-0.4, -0.2) is 64.6 Å². The Morgan fingerprint density at radius 3 is 2.53 bits per heavy atom. The van der Waals surface area contributed by atoms with E-state index in [0.29, 0.717) is 5.75 Å². The van der Waals surface area contributed by atoms with E-state index in [4.69, 9.17) is 9.72 Å². The minimum absolute atomic E-state index is 0.0279. The molecule has 0 unspecified atom stereocenters. The van der Waals surface area contributed by atoms with E-state index in [1.807, 2.05) is 49.4 Å². The van der Waals surface area contributed by atoms with Crippen molar-refractivity contribution in [2.75, 3.05) is 44.6 Å². The largest absolute Gasteiger partial charge is 0.484 e. The van der Waals surface area contributed by atoms with Gasteiger partial charge in [-0.1, -0.05) is 19.1 Å². The number of benzene rings is 2. The lowest BCUT2D eigenvalue weighted by Crippen LogP contribution is -2.45. The van der Waals surface area contributed by atoms with E-state index in [1.54, 1.807) is 0 Å². The lowest BCUT2D eigenvalue weighted by Gasteiger charge is -2.33. The first-order valence-electron chi connectivity index (χ1n) is 11.5. The second kappa shape index (κ2) is 10.1. The third-order valence-electron chi connectivity index (χ3n) is 6.06. The number of amides is 1. The predicted octanol–water partition coefficient (Wildman–Crippen LogP) is 3.52. The molecule has 0 spiro atoms. The number of carbonyl (C=O) groups excluding carboxylic acids is 1. The van der Waals surface area contributed by atoms with Gasteiger partial charge in [0.2, 0.25) is 0 Å². The zero-order valence-corrected chi connectivity index (χ0v) is 19.3. The Hall–Kier alpha value is -2.90. The summed E-state index contributed by atoms with van der Waals surface area (Å²) in [5.74, 6) is 1.59. The number of imidazole rings is 1. The maximum atomic E-state index is 12.4. The van der Waals surface area contributed by atoms with Crippen LogP contribution in [0.2, 0.25) is 0 Å². The van der Waals surface area contributed by atoms with Crippen LogP contribution in [-0.2, 0) is 17.9 Å². The van der Waals surface area contributed by atoms with Gasteiger partial charge in [-0.2, -0.15) is 0 Å². The molecule has 0 saturated carbocycles. The molecular formula is C25H33N5O2. The second-order valence-electron chi connectivity index (χ2n) is 8.34. The molecule has 1 amide bonds. The van der Waals surface area contributed by atoms with Crippen molar-refractivity contribution in [2.45, 2.75) is 33.9 Å². The quantitative estimate of drug-likeness (QED) is 0.587. The van der Waals surface area contributed by atoms with Crippen LogP contribution in [0.3, 0.4) is 0 Å². The minimum atomic E-state index is -0.185. The number of piperazine rings is 1. The fourth-order valence-corrected chi connectivity index (χ4v) is 4.25. The molecule has 7 heteroatoms. The van der Waals surface area contributed by atoms with E-state index in [2.05, 4.69) is 33.5 Å². The Bertz CT molecular complexity index is 1070. The zero-order valence-electron chi connectivity index (χ0n) is 19.3. The lowest BCUT2D eigenvalue weighted by molar-refractivity contribution is -0.118. The smallest absolute Gasteiger partial charge is 0.262 e. The zero-order chi connectivity index (χ0) is 22.5. The van der Waals surface area contributed by atoms with Crippen LogP contribution in [0.25, 0.3) is 11.0 Å². The SMILES string of the molecule is CCN1CCN(Cc2nc3cc(NC(=O)COc4cccc(C)c4)ccc3n2CC)CC1. The molecule has 1 fully saturated rings. The molecule has 2 heterocycles. The summed E-state index contributed by atoms with van der Waals surface area (Å²) in [4.78, 5) is 22.2. The monoisotopic (exact) mass is 435 g/mol. The normalized spacial score (nSPS) is 15.2. The number of nitrogens with zero attached hydrogens (tertiary/aromatic N) is 4. The molecule has 170 valence electrons. The molecule has 4 rings (SSSR count). The van der Waals surface area contributed by atoms with Gasteiger partial charge in [-0.15, -0.1) is 0 Å². The van der Waals surface area contributed by atoms with Gasteiger partial charge in [0, 0.05) is 38.4 Å². The van der Waals surface area contributed by atoms with Gasteiger partial charge in [-0.25, -0.2) is 4.98 Å². The molecule has 1 aliphatic rings. The van der Waals surface area contributed by atoms with Gasteiger partial charge in [-0.3, -0.25) is 9.69 Å². The Kier molecular flexibility index (Phi) is 7.07. The van der Waals surface area contributed by atoms with E-state index in [-0.39, 0.29) is 12.5 Å². The number of carbonyl (C=O) groups is 1. The molecule has 32 heavy (non-hydrogen) atoms. The first-order valence-corrected chi connectivity index (χ1v) is 11.5. The number of anilines is 1. The third-order valence-corrected chi connectivity index (χ3v) is 6.06. The average molecular weight is 436 g/mol. The first kappa shape index (κ1) is 22.3. The van der Waals surface area contributed by atoms with Crippen molar-refractivity contribution in [3.8, 4) is 5.75 Å². The molecule has 1 N–H and O–H groups in total. The summed E-state index contributed by atoms with van der Waals surface area (Å²) in [5.41, 5.74) is 3.84. The highest BCUT2D eigenvalue weighted by molar-refractivity contribution is 5.94. The standard InChI is InChI=1S/C25H33N5O2/c1-4-28-11-13-29(14-12-28)17-24-27-22-16-20(9-10-23(22)30(24)5-2)26-25(31)18-32-21-8-6-7-19(3)15-21/h6-10,15-16H,4-5,11-14,17-18H2,1-3H3,(H,26,31). The molecule has 3 aromatic rings. The van der Waals surface area contributed by atoms with Crippen LogP contribution >= 0.6 is 0 Å². The Balaban J connectivity index is 1.41. The topological polar surface area (TPSA) is 62.6 Å². The van der Waals surface area contributed by atoms with E-state index in [0.717, 1.165) is 73.9 Å². The number of hydrogen-bond acceptors (Lipinski definition) is 5. The van der Waals surface area contributed by atoms with Crippen molar-refractivity contribution in [1.82, 2.24) is 19.4 Å². The summed E-state index contributed by atoms with van der Waals surface area (Å²) in [6.07, 6.45) is 0. The van der Waals surface area contributed by atoms with Crippen LogP contribution in [0.15, 0.2) is 42.5 Å². The number of hydrogen-bond donors (Lipinski definition) is 1. The maximum Gasteiger partial charge on any atom is 0.262 e. The molecule has 2 aromatic carbocycles. The van der Waals surface area contributed by atoms with Crippen LogP contribution < -0.4 is 10.1 Å². The highest BCUT2D eigenvalue weighted by Crippen LogP contribution is 2.22. The number of aromatic nitrogens is 2. The number of likely N-dealkylation sites (N-methyl/N-ethyl adjacent to an activating group) is 1. The summed E-state index contributed by atoms with van der Waals surface area (Å²) in [5, 5.41) is 2.93. The van der Waals surface area contributed by atoms with Gasteiger partial charge in [0.15, 0.2) is 6.61 Å². The minimum Gasteiger partial charge on any atom is -0.484 e. The van der Waals surface area contributed by atoms with Crippen LogP contribution in [0.5, 0.6) is 5.75 Å². The van der Waals surface area contributed by atoms with E-state index in [1.165, 1.54) is 0 Å². The third kappa shape index (κ3) is 5.29. The van der Waals surface area contributed by atoms with E-state index in [9.17, 15) is 4.79 Å². The second-order valence-corrected chi connectivity index (χ2v) is 8.34. The predicted molar refractivity (Wildman–Crippen MR) is 128 cm³/mol. The molecule has 1 aromatic heterocycles. The van der Waals surface area contributed by atoms with Crippen molar-refractivity contribution < 1.29 is 9.53 Å². The summed E-state index contributed by atoms with van der Waals surface area (Å²) < 4.78 is 7.88. The van der Waals surface area contributed by atoms with Crippen molar-refractivity contribution >= 4 is 22.6 Å². The molecule has 0 radical (unpaired) electrons. The fraction of sp³-hybridized carbons (Fsp3) is 0.440. The van der Waals surface area contributed by atoms with Gasteiger partial charge in [0.1, 0.15) is 11.6 Å². The lowest BCUT2D eigenvalue weighted by atomic mass is 10.2. The Labute approximate surface area is 190 Å². The number of nitrogens with one attached hydrogen (secondary N) is 1. The van der Waals surface area contributed by atoms with Crippen LogP contribution in [0, 0.1) is 6.92 Å². The number of aryl methyl sites for hydroxylation is 2. The molecule has 1 saturated heterocycles. The van der Waals surface area contributed by atoms with Crippen LogP contribution in [0.1, 0.15) is 25.2 Å².